The van der Waals surface area contributed by atoms with E-state index in [0.29, 0.717) is 12.5 Å². The van der Waals surface area contributed by atoms with Gasteiger partial charge in [0, 0.05) is 24.3 Å². The standard InChI is InChI=1S/C17H21N3O2/c1-21-17-8-13-4-2-3-12(13)7-15(17)9-20-10-16(18-19-20)14-5-6-22-11-14/h7-8,10,14H,2-6,9,11H2,1H3/t14-/m0/s1. The van der Waals surface area contributed by atoms with Gasteiger partial charge < -0.3 is 9.47 Å². The largest absolute Gasteiger partial charge is 0.496 e. The van der Waals surface area contributed by atoms with Crippen LogP contribution in [0.3, 0.4) is 0 Å². The molecule has 5 nitrogen and oxygen atoms in total. The van der Waals surface area contributed by atoms with Gasteiger partial charge in [-0.1, -0.05) is 5.21 Å². The second-order valence-corrected chi connectivity index (χ2v) is 6.19. The number of benzene rings is 1. The van der Waals surface area contributed by atoms with Gasteiger partial charge >= 0.3 is 0 Å². The fourth-order valence-electron chi connectivity index (χ4n) is 3.49. The average Bonchev–Trinajstić information content (AvgIpc) is 3.27. The SMILES string of the molecule is COc1cc2c(cc1Cn1cc([C@H]3CCOC3)nn1)CCC2. The molecule has 1 saturated heterocycles. The Morgan fingerprint density at radius 3 is 2.95 bits per heavy atom. The van der Waals surface area contributed by atoms with Crippen molar-refractivity contribution >= 4 is 0 Å². The molecular formula is C17H21N3O2. The molecule has 0 N–H and O–H groups in total. The third kappa shape index (κ3) is 2.50. The number of hydrogen-bond acceptors (Lipinski definition) is 4. The van der Waals surface area contributed by atoms with Crippen molar-refractivity contribution in [3.05, 3.63) is 40.7 Å². The van der Waals surface area contributed by atoms with Gasteiger partial charge in [-0.15, -0.1) is 5.10 Å². The molecule has 2 aliphatic rings. The highest BCUT2D eigenvalue weighted by atomic mass is 16.5. The Morgan fingerprint density at radius 2 is 2.18 bits per heavy atom. The normalized spacial score (nSPS) is 20.3. The van der Waals surface area contributed by atoms with E-state index in [0.717, 1.165) is 31.1 Å². The topological polar surface area (TPSA) is 49.2 Å². The van der Waals surface area contributed by atoms with Gasteiger partial charge in [-0.3, -0.25) is 0 Å². The molecule has 0 spiro atoms. The molecule has 1 aliphatic heterocycles. The van der Waals surface area contributed by atoms with Crippen molar-refractivity contribution in [2.45, 2.75) is 38.1 Å². The zero-order chi connectivity index (χ0) is 14.9. The van der Waals surface area contributed by atoms with Crippen molar-refractivity contribution in [3.8, 4) is 5.75 Å². The Labute approximate surface area is 130 Å². The number of nitrogens with zero attached hydrogens (tertiary/aromatic N) is 3. The van der Waals surface area contributed by atoms with Crippen molar-refractivity contribution in [2.24, 2.45) is 0 Å². The second kappa shape index (κ2) is 5.72. The van der Waals surface area contributed by atoms with Crippen LogP contribution in [0.1, 0.15) is 41.1 Å². The minimum Gasteiger partial charge on any atom is -0.496 e. The van der Waals surface area contributed by atoms with Gasteiger partial charge in [-0.25, -0.2) is 4.68 Å². The van der Waals surface area contributed by atoms with Crippen LogP contribution in [0.5, 0.6) is 5.75 Å². The molecule has 1 fully saturated rings. The van der Waals surface area contributed by atoms with E-state index >= 15 is 0 Å². The van der Waals surface area contributed by atoms with Crippen LogP contribution in [-0.4, -0.2) is 35.3 Å². The molecule has 0 radical (unpaired) electrons. The summed E-state index contributed by atoms with van der Waals surface area (Å²) < 4.78 is 12.9. The highest BCUT2D eigenvalue weighted by Gasteiger charge is 2.21. The molecule has 0 amide bonds. The first-order valence-corrected chi connectivity index (χ1v) is 8.00. The molecule has 22 heavy (non-hydrogen) atoms. The molecule has 4 rings (SSSR count). The minimum atomic E-state index is 0.399. The van der Waals surface area contributed by atoms with Gasteiger partial charge in [0.15, 0.2) is 0 Å². The van der Waals surface area contributed by atoms with Crippen molar-refractivity contribution in [3.63, 3.8) is 0 Å². The van der Waals surface area contributed by atoms with E-state index < -0.39 is 0 Å². The second-order valence-electron chi connectivity index (χ2n) is 6.19. The lowest BCUT2D eigenvalue weighted by Crippen LogP contribution is -2.04. The Morgan fingerprint density at radius 1 is 1.32 bits per heavy atom. The Kier molecular flexibility index (Phi) is 3.58. The molecule has 5 heteroatoms. The van der Waals surface area contributed by atoms with E-state index in [4.69, 9.17) is 9.47 Å². The van der Waals surface area contributed by atoms with Crippen molar-refractivity contribution in [1.29, 1.82) is 0 Å². The van der Waals surface area contributed by atoms with E-state index in [2.05, 4.69) is 22.4 Å². The molecule has 2 aromatic rings. The Bertz CT molecular complexity index is 675. The third-order valence-corrected chi connectivity index (χ3v) is 4.73. The van der Waals surface area contributed by atoms with Gasteiger partial charge in [0.05, 0.1) is 26.0 Å². The zero-order valence-electron chi connectivity index (χ0n) is 12.9. The molecule has 0 unspecified atom stereocenters. The molecule has 1 aromatic heterocycles. The van der Waals surface area contributed by atoms with Crippen LogP contribution in [0.25, 0.3) is 0 Å². The van der Waals surface area contributed by atoms with E-state index in [1.54, 1.807) is 7.11 Å². The fraction of sp³-hybridized carbons (Fsp3) is 0.529. The maximum Gasteiger partial charge on any atom is 0.124 e. The lowest BCUT2D eigenvalue weighted by atomic mass is 10.0. The van der Waals surface area contributed by atoms with Crippen molar-refractivity contribution in [1.82, 2.24) is 15.0 Å². The number of hydrogen-bond donors (Lipinski definition) is 0. The predicted octanol–water partition coefficient (Wildman–Crippen LogP) is 2.33. The van der Waals surface area contributed by atoms with Crippen molar-refractivity contribution < 1.29 is 9.47 Å². The zero-order valence-corrected chi connectivity index (χ0v) is 12.9. The van der Waals surface area contributed by atoms with Crippen LogP contribution < -0.4 is 4.74 Å². The number of rotatable bonds is 4. The van der Waals surface area contributed by atoms with E-state index in [-0.39, 0.29) is 0 Å². The van der Waals surface area contributed by atoms with Gasteiger partial charge in [0.1, 0.15) is 5.75 Å². The molecule has 1 aliphatic carbocycles. The van der Waals surface area contributed by atoms with Crippen molar-refractivity contribution in [2.75, 3.05) is 20.3 Å². The summed E-state index contributed by atoms with van der Waals surface area (Å²) in [6.07, 6.45) is 6.68. The Balaban J connectivity index is 1.58. The molecule has 0 bridgehead atoms. The van der Waals surface area contributed by atoms with Gasteiger partial charge in [-0.05, 0) is 48.9 Å². The van der Waals surface area contributed by atoms with Crippen LogP contribution in [-0.2, 0) is 24.1 Å². The van der Waals surface area contributed by atoms with E-state index in [1.165, 1.54) is 36.0 Å². The monoisotopic (exact) mass is 299 g/mol. The summed E-state index contributed by atoms with van der Waals surface area (Å²) in [5.74, 6) is 1.36. The van der Waals surface area contributed by atoms with Crippen LogP contribution in [0.15, 0.2) is 18.3 Å². The fourth-order valence-corrected chi connectivity index (χ4v) is 3.49. The number of methoxy groups -OCH3 is 1. The lowest BCUT2D eigenvalue weighted by molar-refractivity contribution is 0.193. The quantitative estimate of drug-likeness (QED) is 0.869. The van der Waals surface area contributed by atoms with Gasteiger partial charge in [0.25, 0.3) is 0 Å². The third-order valence-electron chi connectivity index (χ3n) is 4.73. The number of aromatic nitrogens is 3. The maximum absolute atomic E-state index is 5.57. The summed E-state index contributed by atoms with van der Waals surface area (Å²) in [6.45, 7) is 2.30. The smallest absolute Gasteiger partial charge is 0.124 e. The summed E-state index contributed by atoms with van der Waals surface area (Å²) in [5.41, 5.74) is 5.11. The first-order chi connectivity index (χ1) is 10.8. The van der Waals surface area contributed by atoms with E-state index in [9.17, 15) is 0 Å². The minimum absolute atomic E-state index is 0.399. The van der Waals surface area contributed by atoms with Crippen LogP contribution >= 0.6 is 0 Å². The molecule has 0 saturated carbocycles. The summed E-state index contributed by atoms with van der Waals surface area (Å²) in [7, 11) is 1.74. The highest BCUT2D eigenvalue weighted by Crippen LogP contribution is 2.30. The summed E-state index contributed by atoms with van der Waals surface area (Å²) in [5, 5.41) is 8.60. The molecule has 116 valence electrons. The van der Waals surface area contributed by atoms with E-state index in [1.807, 2.05) is 10.9 Å². The maximum atomic E-state index is 5.57. The summed E-state index contributed by atoms with van der Waals surface area (Å²) in [4.78, 5) is 0. The van der Waals surface area contributed by atoms with Gasteiger partial charge in [0.2, 0.25) is 0 Å². The molecule has 1 aromatic carbocycles. The molecular weight excluding hydrogens is 278 g/mol. The van der Waals surface area contributed by atoms with Crippen LogP contribution in [0, 0.1) is 0 Å². The number of fused-ring (bicyclic) bond motifs is 1. The Hall–Kier alpha value is -1.88. The van der Waals surface area contributed by atoms with Crippen LogP contribution in [0.2, 0.25) is 0 Å². The number of ether oxygens (including phenoxy) is 2. The predicted molar refractivity (Wildman–Crippen MR) is 82.3 cm³/mol. The molecule has 2 heterocycles. The first-order valence-electron chi connectivity index (χ1n) is 8.00. The average molecular weight is 299 g/mol. The van der Waals surface area contributed by atoms with Gasteiger partial charge in [-0.2, -0.15) is 0 Å². The lowest BCUT2D eigenvalue weighted by Gasteiger charge is -2.11. The summed E-state index contributed by atoms with van der Waals surface area (Å²) in [6, 6.07) is 4.47. The van der Waals surface area contributed by atoms with Crippen LogP contribution in [0.4, 0.5) is 0 Å². The first kappa shape index (κ1) is 13.8. The molecule has 1 atom stereocenters. The highest BCUT2D eigenvalue weighted by molar-refractivity contribution is 5.44. The number of aryl methyl sites for hydroxylation is 2. The summed E-state index contributed by atoms with van der Waals surface area (Å²) >= 11 is 0.